The number of carbonyl (C=O) groups is 1. The van der Waals surface area contributed by atoms with E-state index in [0.717, 1.165) is 12.8 Å². The summed E-state index contributed by atoms with van der Waals surface area (Å²) < 4.78 is 43.3. The lowest BCUT2D eigenvalue weighted by Gasteiger charge is -2.29. The van der Waals surface area contributed by atoms with Gasteiger partial charge in [-0.1, -0.05) is 12.0 Å². The molecule has 0 bridgehead atoms. The van der Waals surface area contributed by atoms with Gasteiger partial charge in [0.2, 0.25) is 10.0 Å². The molecule has 0 atom stereocenters. The van der Waals surface area contributed by atoms with Crippen LogP contribution >= 0.6 is 0 Å². The first-order chi connectivity index (χ1) is 16.3. The summed E-state index contributed by atoms with van der Waals surface area (Å²) in [4.78, 5) is 12.8. The second kappa shape index (κ2) is 9.82. The lowest BCUT2D eigenvalue weighted by atomic mass is 10.0. The molecule has 0 saturated carbocycles. The highest BCUT2D eigenvalue weighted by Crippen LogP contribution is 2.33. The van der Waals surface area contributed by atoms with E-state index in [4.69, 9.17) is 13.9 Å². The number of anilines is 1. The van der Waals surface area contributed by atoms with Gasteiger partial charge in [-0.05, 0) is 55.2 Å². The summed E-state index contributed by atoms with van der Waals surface area (Å²) in [6.45, 7) is 3.13. The van der Waals surface area contributed by atoms with Crippen molar-refractivity contribution in [1.82, 2.24) is 14.5 Å². The van der Waals surface area contributed by atoms with E-state index in [1.54, 1.807) is 25.3 Å². The molecular formula is C23H26N4O6S. The van der Waals surface area contributed by atoms with E-state index in [1.165, 1.54) is 35.7 Å². The molecule has 1 aromatic heterocycles. The Labute approximate surface area is 197 Å². The third-order valence-corrected chi connectivity index (χ3v) is 7.69. The zero-order valence-electron chi connectivity index (χ0n) is 19.1. The van der Waals surface area contributed by atoms with Crippen LogP contribution < -0.4 is 14.8 Å². The summed E-state index contributed by atoms with van der Waals surface area (Å²) >= 11 is 0. The fourth-order valence-corrected chi connectivity index (χ4v) is 5.15. The first-order valence-corrected chi connectivity index (χ1v) is 12.2. The van der Waals surface area contributed by atoms with Crippen LogP contribution in [-0.2, 0) is 10.0 Å². The summed E-state index contributed by atoms with van der Waals surface area (Å²) in [6, 6.07) is 10.8. The van der Waals surface area contributed by atoms with E-state index in [2.05, 4.69) is 22.4 Å². The minimum absolute atomic E-state index is 0.1000. The Morgan fingerprint density at radius 3 is 2.41 bits per heavy atom. The Hall–Kier alpha value is -3.44. The van der Waals surface area contributed by atoms with Gasteiger partial charge < -0.3 is 13.9 Å². The molecule has 1 aliphatic rings. The van der Waals surface area contributed by atoms with Gasteiger partial charge in [0.1, 0.15) is 11.5 Å². The number of methoxy groups -OCH3 is 2. The standard InChI is InChI=1S/C23H26N4O6S/c1-15-10-12-27(13-11-15)34(29,30)18-7-4-16(5-8-18)21(28)24-23-26-25-22(33-23)19-9-6-17(31-2)14-20(19)32-3/h4-9,14-15H,10-13H2,1-3H3,(H,24,26,28). The fourth-order valence-electron chi connectivity index (χ4n) is 3.68. The predicted molar refractivity (Wildman–Crippen MR) is 124 cm³/mol. The van der Waals surface area contributed by atoms with Crippen molar-refractivity contribution in [3.63, 3.8) is 0 Å². The molecule has 4 rings (SSSR count). The molecule has 2 aromatic carbocycles. The number of hydrogen-bond donors (Lipinski definition) is 1. The van der Waals surface area contributed by atoms with Crippen LogP contribution in [0.4, 0.5) is 6.01 Å². The Morgan fingerprint density at radius 2 is 1.76 bits per heavy atom. The van der Waals surface area contributed by atoms with Crippen LogP contribution in [0.1, 0.15) is 30.1 Å². The normalized spacial score (nSPS) is 15.1. The van der Waals surface area contributed by atoms with Crippen molar-refractivity contribution in [2.24, 2.45) is 5.92 Å². The summed E-state index contributed by atoms with van der Waals surface area (Å²) in [7, 11) is -0.532. The maximum Gasteiger partial charge on any atom is 0.322 e. The minimum atomic E-state index is -3.59. The minimum Gasteiger partial charge on any atom is -0.497 e. The van der Waals surface area contributed by atoms with E-state index in [0.29, 0.717) is 36.1 Å². The highest BCUT2D eigenvalue weighted by atomic mass is 32.2. The number of aromatic nitrogens is 2. The van der Waals surface area contributed by atoms with E-state index in [9.17, 15) is 13.2 Å². The topological polar surface area (TPSA) is 124 Å². The Kier molecular flexibility index (Phi) is 6.85. The molecule has 11 heteroatoms. The fraction of sp³-hybridized carbons (Fsp3) is 0.348. The van der Waals surface area contributed by atoms with Gasteiger partial charge in [0, 0.05) is 24.7 Å². The summed E-state index contributed by atoms with van der Waals surface area (Å²) in [5.41, 5.74) is 0.797. The van der Waals surface area contributed by atoms with Gasteiger partial charge in [-0.2, -0.15) is 4.31 Å². The highest BCUT2D eigenvalue weighted by molar-refractivity contribution is 7.89. The molecule has 1 N–H and O–H groups in total. The molecule has 180 valence electrons. The number of nitrogens with one attached hydrogen (secondary N) is 1. The van der Waals surface area contributed by atoms with Crippen molar-refractivity contribution < 1.29 is 27.1 Å². The second-order valence-electron chi connectivity index (χ2n) is 8.04. The van der Waals surface area contributed by atoms with Crippen LogP contribution in [0.5, 0.6) is 11.5 Å². The van der Waals surface area contributed by atoms with Gasteiger partial charge in [0.15, 0.2) is 0 Å². The summed E-state index contributed by atoms with van der Waals surface area (Å²) in [5, 5.41) is 10.4. The lowest BCUT2D eigenvalue weighted by molar-refractivity contribution is 0.102. The zero-order valence-corrected chi connectivity index (χ0v) is 20.0. The Balaban J connectivity index is 1.45. The number of ether oxygens (including phenoxy) is 2. The van der Waals surface area contributed by atoms with Crippen molar-refractivity contribution in [2.45, 2.75) is 24.7 Å². The smallest absolute Gasteiger partial charge is 0.322 e. The quantitative estimate of drug-likeness (QED) is 0.539. The number of carbonyl (C=O) groups excluding carboxylic acids is 1. The van der Waals surface area contributed by atoms with E-state index in [1.807, 2.05) is 0 Å². The molecule has 1 aliphatic heterocycles. The van der Waals surface area contributed by atoms with E-state index in [-0.39, 0.29) is 22.4 Å². The monoisotopic (exact) mass is 486 g/mol. The maximum atomic E-state index is 12.9. The Bertz CT molecular complexity index is 1260. The van der Waals surface area contributed by atoms with Crippen molar-refractivity contribution in [1.29, 1.82) is 0 Å². The van der Waals surface area contributed by atoms with Crippen LogP contribution in [0.3, 0.4) is 0 Å². The number of benzene rings is 2. The second-order valence-corrected chi connectivity index (χ2v) is 9.98. The van der Waals surface area contributed by atoms with Gasteiger partial charge in [-0.3, -0.25) is 10.1 Å². The molecule has 0 aliphatic carbocycles. The largest absolute Gasteiger partial charge is 0.497 e. The molecule has 0 spiro atoms. The first kappa shape index (κ1) is 23.7. The van der Waals surface area contributed by atoms with Crippen LogP contribution in [0.15, 0.2) is 51.8 Å². The van der Waals surface area contributed by atoms with Gasteiger partial charge in [-0.25, -0.2) is 8.42 Å². The molecule has 1 saturated heterocycles. The predicted octanol–water partition coefficient (Wildman–Crippen LogP) is 3.43. The van der Waals surface area contributed by atoms with Gasteiger partial charge >= 0.3 is 6.01 Å². The molecular weight excluding hydrogens is 460 g/mol. The highest BCUT2D eigenvalue weighted by Gasteiger charge is 2.28. The lowest BCUT2D eigenvalue weighted by Crippen LogP contribution is -2.37. The number of nitrogens with zero attached hydrogens (tertiary/aromatic N) is 3. The SMILES string of the molecule is COc1ccc(-c2nnc(NC(=O)c3ccc(S(=O)(=O)N4CCC(C)CC4)cc3)o2)c(OC)c1. The number of rotatable bonds is 7. The first-order valence-electron chi connectivity index (χ1n) is 10.8. The molecule has 34 heavy (non-hydrogen) atoms. The third-order valence-electron chi connectivity index (χ3n) is 5.78. The van der Waals surface area contributed by atoms with E-state index >= 15 is 0 Å². The van der Waals surface area contributed by atoms with Crippen molar-refractivity contribution in [3.8, 4) is 23.0 Å². The molecule has 1 amide bonds. The Morgan fingerprint density at radius 1 is 1.06 bits per heavy atom. The molecule has 2 heterocycles. The average molecular weight is 487 g/mol. The van der Waals surface area contributed by atoms with Crippen molar-refractivity contribution >= 4 is 21.9 Å². The van der Waals surface area contributed by atoms with Crippen LogP contribution in [0.25, 0.3) is 11.5 Å². The maximum absolute atomic E-state index is 12.9. The third kappa shape index (κ3) is 4.90. The molecule has 1 fully saturated rings. The van der Waals surface area contributed by atoms with Crippen LogP contribution in [0, 0.1) is 5.92 Å². The number of sulfonamides is 1. The van der Waals surface area contributed by atoms with Gasteiger partial charge in [-0.15, -0.1) is 5.10 Å². The number of hydrogen-bond acceptors (Lipinski definition) is 8. The van der Waals surface area contributed by atoms with Crippen LogP contribution in [0.2, 0.25) is 0 Å². The molecule has 3 aromatic rings. The summed E-state index contributed by atoms with van der Waals surface area (Å²) in [5.74, 6) is 1.25. The number of piperidine rings is 1. The summed E-state index contributed by atoms with van der Waals surface area (Å²) in [6.07, 6.45) is 1.68. The molecule has 10 nitrogen and oxygen atoms in total. The van der Waals surface area contributed by atoms with Gasteiger partial charge in [0.25, 0.3) is 11.8 Å². The van der Waals surface area contributed by atoms with Crippen LogP contribution in [-0.4, -0.2) is 56.1 Å². The van der Waals surface area contributed by atoms with Crippen molar-refractivity contribution in [2.75, 3.05) is 32.6 Å². The average Bonchev–Trinajstić information content (AvgIpc) is 3.32. The molecule has 0 unspecified atom stereocenters. The van der Waals surface area contributed by atoms with Gasteiger partial charge in [0.05, 0.1) is 24.7 Å². The van der Waals surface area contributed by atoms with E-state index < -0.39 is 15.9 Å². The zero-order chi connectivity index (χ0) is 24.3. The molecule has 0 radical (unpaired) electrons. The van der Waals surface area contributed by atoms with Crippen molar-refractivity contribution in [3.05, 3.63) is 48.0 Å². The number of amides is 1.